The number of hydrogen-bond donors (Lipinski definition) is 0. The van der Waals surface area contributed by atoms with E-state index in [2.05, 4.69) is 154 Å². The van der Waals surface area contributed by atoms with Crippen molar-refractivity contribution in [1.29, 1.82) is 0 Å². The fraction of sp³-hybridized carbons (Fsp3) is 0.118. The van der Waals surface area contributed by atoms with Crippen LogP contribution >= 0.6 is 15.2 Å². The first-order valence-corrected chi connectivity index (χ1v) is 16.0. The zero-order valence-electron chi connectivity index (χ0n) is 21.3. The molecule has 0 bridgehead atoms. The summed E-state index contributed by atoms with van der Waals surface area (Å²) in [5.74, 6) is 1.11. The van der Waals surface area contributed by atoms with Crippen LogP contribution in [0, 0.1) is 20.8 Å². The molecule has 0 N–H and O–H groups in total. The third kappa shape index (κ3) is 4.82. The lowest BCUT2D eigenvalue weighted by molar-refractivity contribution is 1.35. The van der Waals surface area contributed by atoms with Gasteiger partial charge in [0.15, 0.2) is 0 Å². The Kier molecular flexibility index (Phi) is 7.48. The van der Waals surface area contributed by atoms with E-state index in [9.17, 15) is 0 Å². The summed E-state index contributed by atoms with van der Waals surface area (Å²) in [5, 5.41) is 7.36. The Hall–Kier alpha value is -3.04. The van der Waals surface area contributed by atoms with Gasteiger partial charge in [-0.2, -0.15) is 0 Å². The zero-order chi connectivity index (χ0) is 25.0. The van der Waals surface area contributed by atoms with Gasteiger partial charge in [0.05, 0.1) is 0 Å². The van der Waals surface area contributed by atoms with Gasteiger partial charge in [-0.3, -0.25) is 0 Å². The van der Waals surface area contributed by atoms with E-state index in [0.29, 0.717) is 0 Å². The summed E-state index contributed by atoms with van der Waals surface area (Å²) in [7, 11) is -2.60. The van der Waals surface area contributed by atoms with Crippen molar-refractivity contribution in [3.05, 3.63) is 150 Å². The van der Waals surface area contributed by atoms with Crippen LogP contribution in [-0.2, 0) is 0 Å². The average Bonchev–Trinajstić information content (AvgIpc) is 2.92. The maximum atomic E-state index is 2.39. The van der Waals surface area contributed by atoms with Crippen LogP contribution in [0.15, 0.2) is 133 Å². The van der Waals surface area contributed by atoms with Crippen LogP contribution in [0.4, 0.5) is 0 Å². The van der Waals surface area contributed by atoms with Crippen molar-refractivity contribution in [2.45, 2.75) is 20.8 Å². The third-order valence-electron chi connectivity index (χ3n) is 6.90. The molecule has 0 aliphatic carbocycles. The van der Waals surface area contributed by atoms with Gasteiger partial charge in [0, 0.05) is 0 Å². The summed E-state index contributed by atoms with van der Waals surface area (Å²) >= 11 is 0. The number of rotatable bonds is 7. The Morgan fingerprint density at radius 1 is 0.500 bits per heavy atom. The van der Waals surface area contributed by atoms with Crippen molar-refractivity contribution in [1.82, 2.24) is 0 Å². The fourth-order valence-electron chi connectivity index (χ4n) is 5.52. The molecule has 0 amide bonds. The molecular formula is C34H33P2+. The van der Waals surface area contributed by atoms with E-state index in [1.54, 1.807) is 5.30 Å². The highest BCUT2D eigenvalue weighted by Crippen LogP contribution is 2.63. The van der Waals surface area contributed by atoms with Crippen LogP contribution < -0.4 is 26.5 Å². The van der Waals surface area contributed by atoms with Gasteiger partial charge in [-0.05, 0) is 74.7 Å². The third-order valence-corrected chi connectivity index (χ3v) is 15.4. The molecule has 5 aromatic rings. The lowest BCUT2D eigenvalue weighted by Gasteiger charge is -2.33. The Morgan fingerprint density at radius 2 is 0.861 bits per heavy atom. The van der Waals surface area contributed by atoms with Crippen LogP contribution in [0.5, 0.6) is 0 Å². The molecule has 5 rings (SSSR count). The van der Waals surface area contributed by atoms with Gasteiger partial charge < -0.3 is 0 Å². The second-order valence-electron chi connectivity index (χ2n) is 9.47. The Morgan fingerprint density at radius 3 is 1.25 bits per heavy atom. The van der Waals surface area contributed by atoms with Crippen molar-refractivity contribution < 1.29 is 0 Å². The maximum Gasteiger partial charge on any atom is 0.117 e. The molecule has 0 aliphatic rings. The molecule has 36 heavy (non-hydrogen) atoms. The predicted octanol–water partition coefficient (Wildman–Crippen LogP) is 7.00. The molecule has 0 aliphatic heterocycles. The van der Waals surface area contributed by atoms with Gasteiger partial charge in [-0.1, -0.05) is 115 Å². The maximum absolute atomic E-state index is 2.39. The second-order valence-corrected chi connectivity index (χ2v) is 15.6. The fourth-order valence-corrected chi connectivity index (χ4v) is 15.3. The van der Waals surface area contributed by atoms with Crippen molar-refractivity contribution in [3.8, 4) is 0 Å². The molecule has 0 aromatic heterocycles. The normalized spacial score (nSPS) is 11.6. The second kappa shape index (κ2) is 10.9. The molecule has 178 valence electrons. The summed E-state index contributed by atoms with van der Waals surface area (Å²) in [4.78, 5) is 0. The summed E-state index contributed by atoms with van der Waals surface area (Å²) in [6.07, 6.45) is 0. The smallest absolute Gasteiger partial charge is 0.0622 e. The lowest BCUT2D eigenvalue weighted by Crippen LogP contribution is -2.37. The van der Waals surface area contributed by atoms with E-state index in [0.717, 1.165) is 5.90 Å². The van der Waals surface area contributed by atoms with E-state index < -0.39 is 15.2 Å². The summed E-state index contributed by atoms with van der Waals surface area (Å²) < 4.78 is 0. The van der Waals surface area contributed by atoms with Crippen LogP contribution in [0.25, 0.3) is 0 Å². The minimum absolute atomic E-state index is 0.593. The molecule has 2 heteroatoms. The number of benzene rings is 5. The minimum atomic E-state index is -2.01. The summed E-state index contributed by atoms with van der Waals surface area (Å²) in [6.45, 7) is 6.86. The Balaban J connectivity index is 1.86. The molecular weight excluding hydrogens is 470 g/mol. The molecule has 0 spiro atoms. The van der Waals surface area contributed by atoms with Crippen molar-refractivity contribution >= 4 is 41.7 Å². The van der Waals surface area contributed by atoms with Gasteiger partial charge in [0.2, 0.25) is 0 Å². The molecule has 0 unspecified atom stereocenters. The van der Waals surface area contributed by atoms with Gasteiger partial charge in [0.25, 0.3) is 0 Å². The molecule has 0 saturated heterocycles. The predicted molar refractivity (Wildman–Crippen MR) is 163 cm³/mol. The Bertz CT molecular complexity index is 1310. The van der Waals surface area contributed by atoms with Crippen molar-refractivity contribution in [3.63, 3.8) is 0 Å². The van der Waals surface area contributed by atoms with E-state index >= 15 is 0 Å². The zero-order valence-corrected chi connectivity index (χ0v) is 23.1. The molecule has 0 atom stereocenters. The molecule has 0 radical (unpaired) electrons. The quantitative estimate of drug-likeness (QED) is 0.210. The molecule has 5 aromatic carbocycles. The van der Waals surface area contributed by atoms with Crippen molar-refractivity contribution in [2.24, 2.45) is 0 Å². The number of aryl methyl sites for hydroxylation is 3. The van der Waals surface area contributed by atoms with E-state index in [-0.39, 0.29) is 0 Å². The molecule has 0 nitrogen and oxygen atoms in total. The van der Waals surface area contributed by atoms with Gasteiger partial charge >= 0.3 is 0 Å². The standard InChI is InChI=1S/C34H33P2/c1-27-24-28(2)34(29(3)25-27)36(32-20-12-6-13-21-32,33-22-14-7-15-23-33)26-35(30-16-8-4-9-17-30)31-18-10-5-11-19-31/h4-25H,26H2,1-3H3/q+1. The largest absolute Gasteiger partial charge is 0.117 e. The van der Waals surface area contributed by atoms with E-state index in [1.165, 1.54) is 37.9 Å². The monoisotopic (exact) mass is 503 g/mol. The van der Waals surface area contributed by atoms with Gasteiger partial charge in [-0.25, -0.2) is 0 Å². The van der Waals surface area contributed by atoms with Crippen LogP contribution in [0.1, 0.15) is 16.7 Å². The van der Waals surface area contributed by atoms with Gasteiger partial charge in [-0.15, -0.1) is 0 Å². The van der Waals surface area contributed by atoms with E-state index in [4.69, 9.17) is 0 Å². The molecule has 0 fully saturated rings. The highest BCUT2D eigenvalue weighted by Gasteiger charge is 2.49. The first-order valence-electron chi connectivity index (χ1n) is 12.5. The lowest BCUT2D eigenvalue weighted by atomic mass is 10.1. The number of hydrogen-bond acceptors (Lipinski definition) is 0. The highest BCUT2D eigenvalue weighted by molar-refractivity contribution is 8.03. The highest BCUT2D eigenvalue weighted by atomic mass is 31.2. The van der Waals surface area contributed by atoms with Crippen LogP contribution in [0.3, 0.4) is 0 Å². The minimum Gasteiger partial charge on any atom is -0.0622 e. The van der Waals surface area contributed by atoms with Crippen molar-refractivity contribution in [2.75, 3.05) is 5.90 Å². The first-order chi connectivity index (χ1) is 17.6. The van der Waals surface area contributed by atoms with Crippen LogP contribution in [-0.4, -0.2) is 5.90 Å². The van der Waals surface area contributed by atoms with E-state index in [1.807, 2.05) is 0 Å². The first kappa shape index (κ1) is 24.6. The average molecular weight is 504 g/mol. The van der Waals surface area contributed by atoms with Gasteiger partial charge in [0.1, 0.15) is 29.1 Å². The SMILES string of the molecule is Cc1cc(C)c([P+](CP(c2ccccc2)c2ccccc2)(c2ccccc2)c2ccccc2)c(C)c1. The summed E-state index contributed by atoms with van der Waals surface area (Å²) in [5.41, 5.74) is 4.15. The Labute approximate surface area is 218 Å². The topological polar surface area (TPSA) is 0 Å². The molecule has 0 heterocycles. The summed E-state index contributed by atoms with van der Waals surface area (Å²) in [6, 6.07) is 49.8. The molecule has 0 saturated carbocycles. The van der Waals surface area contributed by atoms with Crippen LogP contribution in [0.2, 0.25) is 0 Å².